The maximum Gasteiger partial charge on any atom is 0.184 e. The molecule has 0 saturated carbocycles. The third kappa shape index (κ3) is 3.23. The summed E-state index contributed by atoms with van der Waals surface area (Å²) < 4.78 is 2.08. The molecule has 2 aromatic rings. The Bertz CT molecular complexity index is 409. The number of nitrogens with one attached hydrogen (secondary N) is 1. The molecule has 0 fully saturated rings. The van der Waals surface area contributed by atoms with Gasteiger partial charge in [-0.2, -0.15) is 0 Å². The number of nitrogens with zero attached hydrogens (tertiary/aromatic N) is 3. The molecule has 0 spiro atoms. The molecular formula is C10H15N5S. The van der Waals surface area contributed by atoms with Crippen molar-refractivity contribution in [2.24, 2.45) is 0 Å². The van der Waals surface area contributed by atoms with Gasteiger partial charge in [-0.05, 0) is 12.8 Å². The molecule has 0 aliphatic rings. The van der Waals surface area contributed by atoms with Crippen LogP contribution >= 0.6 is 11.3 Å². The van der Waals surface area contributed by atoms with E-state index in [9.17, 15) is 0 Å². The van der Waals surface area contributed by atoms with Crippen molar-refractivity contribution in [3.05, 3.63) is 24.9 Å². The first kappa shape index (κ1) is 10.9. The number of rotatable bonds is 6. The van der Waals surface area contributed by atoms with E-state index in [0.29, 0.717) is 0 Å². The van der Waals surface area contributed by atoms with Gasteiger partial charge in [0.15, 0.2) is 5.13 Å². The quantitative estimate of drug-likeness (QED) is 0.752. The van der Waals surface area contributed by atoms with Crippen molar-refractivity contribution in [3.63, 3.8) is 0 Å². The van der Waals surface area contributed by atoms with E-state index < -0.39 is 0 Å². The Balaban J connectivity index is 1.59. The van der Waals surface area contributed by atoms with E-state index in [2.05, 4.69) is 19.9 Å². The maximum absolute atomic E-state index is 5.58. The summed E-state index contributed by atoms with van der Waals surface area (Å²) in [5.41, 5.74) is 5.58. The number of nitrogens with two attached hydrogens (primary N) is 1. The van der Waals surface area contributed by atoms with E-state index >= 15 is 0 Å². The molecule has 0 aliphatic heterocycles. The van der Waals surface area contributed by atoms with Crippen LogP contribution in [-0.2, 0) is 6.54 Å². The monoisotopic (exact) mass is 237 g/mol. The van der Waals surface area contributed by atoms with Gasteiger partial charge in [-0.15, -0.1) is 0 Å². The number of nitrogen functional groups attached to an aromatic ring is 1. The van der Waals surface area contributed by atoms with Crippen LogP contribution in [0.4, 0.5) is 10.1 Å². The highest BCUT2D eigenvalue weighted by atomic mass is 32.1. The maximum atomic E-state index is 5.58. The van der Waals surface area contributed by atoms with Gasteiger partial charge in [0.05, 0.1) is 12.5 Å². The number of hydrogen-bond donors (Lipinski definition) is 2. The molecule has 86 valence electrons. The van der Waals surface area contributed by atoms with E-state index in [1.54, 1.807) is 12.4 Å². The number of thiazole rings is 1. The van der Waals surface area contributed by atoms with Gasteiger partial charge in [-0.1, -0.05) is 11.3 Å². The first-order valence-electron chi connectivity index (χ1n) is 5.25. The van der Waals surface area contributed by atoms with E-state index in [1.165, 1.54) is 11.3 Å². The van der Waals surface area contributed by atoms with Gasteiger partial charge < -0.3 is 15.6 Å². The van der Waals surface area contributed by atoms with Crippen molar-refractivity contribution in [1.29, 1.82) is 0 Å². The average Bonchev–Trinajstić information content (AvgIpc) is 2.89. The summed E-state index contributed by atoms with van der Waals surface area (Å²) >= 11 is 1.48. The predicted molar refractivity (Wildman–Crippen MR) is 66.5 cm³/mol. The number of aromatic nitrogens is 3. The minimum Gasteiger partial charge on any atom is -0.389 e. The Kier molecular flexibility index (Phi) is 3.76. The second-order valence-corrected chi connectivity index (χ2v) is 4.56. The van der Waals surface area contributed by atoms with Crippen LogP contribution < -0.4 is 11.1 Å². The average molecular weight is 237 g/mol. The highest BCUT2D eigenvalue weighted by Gasteiger charge is 1.97. The standard InChI is InChI=1S/C10H15N5S/c11-9-7-14-10(16-9)13-3-1-2-5-15-6-4-12-8-15/h4,6-8H,1-3,5,11H2,(H,13,14). The molecule has 0 aromatic carbocycles. The van der Waals surface area contributed by atoms with E-state index in [0.717, 1.165) is 36.1 Å². The lowest BCUT2D eigenvalue weighted by molar-refractivity contribution is 0.621. The Labute approximate surface area is 98.3 Å². The summed E-state index contributed by atoms with van der Waals surface area (Å²) in [6, 6.07) is 0. The van der Waals surface area contributed by atoms with Crippen molar-refractivity contribution >= 4 is 21.5 Å². The minimum absolute atomic E-state index is 0.751. The Morgan fingerprint density at radius 3 is 3.06 bits per heavy atom. The fourth-order valence-electron chi connectivity index (χ4n) is 1.40. The number of anilines is 2. The first-order chi connectivity index (χ1) is 7.84. The highest BCUT2D eigenvalue weighted by Crippen LogP contribution is 2.19. The number of imidazole rings is 1. The molecule has 2 heterocycles. The van der Waals surface area contributed by atoms with Gasteiger partial charge in [0.2, 0.25) is 0 Å². The molecular weight excluding hydrogens is 222 g/mol. The fourth-order valence-corrected chi connectivity index (χ4v) is 2.01. The minimum atomic E-state index is 0.751. The van der Waals surface area contributed by atoms with Crippen molar-refractivity contribution < 1.29 is 0 Å². The van der Waals surface area contributed by atoms with Crippen molar-refractivity contribution in [2.45, 2.75) is 19.4 Å². The molecule has 5 nitrogen and oxygen atoms in total. The Morgan fingerprint density at radius 2 is 2.38 bits per heavy atom. The normalized spacial score (nSPS) is 10.5. The summed E-state index contributed by atoms with van der Waals surface area (Å²) in [6.07, 6.45) is 9.54. The van der Waals surface area contributed by atoms with Crippen LogP contribution in [0.1, 0.15) is 12.8 Å². The SMILES string of the molecule is Nc1cnc(NCCCCn2ccnc2)s1. The molecule has 0 radical (unpaired) electrons. The predicted octanol–water partition coefficient (Wildman–Crippen LogP) is 1.81. The van der Waals surface area contributed by atoms with Crippen molar-refractivity contribution in [3.8, 4) is 0 Å². The summed E-state index contributed by atoms with van der Waals surface area (Å²) in [7, 11) is 0. The summed E-state index contributed by atoms with van der Waals surface area (Å²) in [4.78, 5) is 8.13. The molecule has 3 N–H and O–H groups in total. The third-order valence-electron chi connectivity index (χ3n) is 2.20. The van der Waals surface area contributed by atoms with Crippen molar-refractivity contribution in [1.82, 2.24) is 14.5 Å². The topological polar surface area (TPSA) is 68.8 Å². The lowest BCUT2D eigenvalue weighted by atomic mass is 10.3. The molecule has 16 heavy (non-hydrogen) atoms. The smallest absolute Gasteiger partial charge is 0.184 e. The molecule has 0 atom stereocenters. The van der Waals surface area contributed by atoms with Crippen LogP contribution in [0.15, 0.2) is 24.9 Å². The summed E-state index contributed by atoms with van der Waals surface area (Å²) in [6.45, 7) is 1.95. The van der Waals surface area contributed by atoms with E-state index in [-0.39, 0.29) is 0 Å². The fraction of sp³-hybridized carbons (Fsp3) is 0.400. The lowest BCUT2D eigenvalue weighted by Gasteiger charge is -2.03. The second kappa shape index (κ2) is 5.50. The molecule has 0 saturated heterocycles. The molecule has 2 aromatic heterocycles. The third-order valence-corrected chi connectivity index (χ3v) is 2.99. The molecule has 0 aliphatic carbocycles. The van der Waals surface area contributed by atoms with Crippen LogP contribution in [0.2, 0.25) is 0 Å². The molecule has 0 unspecified atom stereocenters. The Morgan fingerprint density at radius 1 is 1.44 bits per heavy atom. The first-order valence-corrected chi connectivity index (χ1v) is 6.07. The second-order valence-electron chi connectivity index (χ2n) is 3.50. The summed E-state index contributed by atoms with van der Waals surface area (Å²) in [5.74, 6) is 0. The zero-order chi connectivity index (χ0) is 11.2. The number of unbranched alkanes of at least 4 members (excludes halogenated alkanes) is 1. The van der Waals surface area contributed by atoms with E-state index in [4.69, 9.17) is 5.73 Å². The molecule has 0 amide bonds. The molecule has 2 rings (SSSR count). The van der Waals surface area contributed by atoms with Gasteiger partial charge in [0.25, 0.3) is 0 Å². The zero-order valence-corrected chi connectivity index (χ0v) is 9.78. The van der Waals surface area contributed by atoms with Gasteiger partial charge in [0, 0.05) is 25.5 Å². The van der Waals surface area contributed by atoms with Gasteiger partial charge in [0.1, 0.15) is 5.00 Å². The lowest BCUT2D eigenvalue weighted by Crippen LogP contribution is -2.03. The van der Waals surface area contributed by atoms with Crippen LogP contribution in [-0.4, -0.2) is 21.1 Å². The van der Waals surface area contributed by atoms with E-state index in [1.807, 2.05) is 12.5 Å². The number of aryl methyl sites for hydroxylation is 1. The highest BCUT2D eigenvalue weighted by molar-refractivity contribution is 7.19. The molecule has 0 bridgehead atoms. The van der Waals surface area contributed by atoms with Gasteiger partial charge >= 0.3 is 0 Å². The van der Waals surface area contributed by atoms with Gasteiger partial charge in [-0.3, -0.25) is 0 Å². The van der Waals surface area contributed by atoms with Crippen LogP contribution in [0.3, 0.4) is 0 Å². The Hall–Kier alpha value is -1.56. The van der Waals surface area contributed by atoms with Crippen molar-refractivity contribution in [2.75, 3.05) is 17.6 Å². The van der Waals surface area contributed by atoms with Gasteiger partial charge in [-0.25, -0.2) is 9.97 Å². The summed E-state index contributed by atoms with van der Waals surface area (Å²) in [5, 5.41) is 4.90. The molecule has 6 heteroatoms. The van der Waals surface area contributed by atoms with Crippen LogP contribution in [0.25, 0.3) is 0 Å². The van der Waals surface area contributed by atoms with Crippen LogP contribution in [0.5, 0.6) is 0 Å². The largest absolute Gasteiger partial charge is 0.389 e. The number of hydrogen-bond acceptors (Lipinski definition) is 5. The zero-order valence-electron chi connectivity index (χ0n) is 8.97. The van der Waals surface area contributed by atoms with Crippen LogP contribution in [0, 0.1) is 0 Å².